The van der Waals surface area contributed by atoms with Crippen LogP contribution in [0.25, 0.3) is 10.8 Å². The number of carbonyl (C=O) groups excluding carboxylic acids is 1. The minimum absolute atomic E-state index is 0.275. The molecule has 0 heterocycles. The van der Waals surface area contributed by atoms with Gasteiger partial charge in [-0.3, -0.25) is 0 Å². The van der Waals surface area contributed by atoms with Gasteiger partial charge in [0.1, 0.15) is 18.1 Å². The van der Waals surface area contributed by atoms with Crippen LogP contribution in [0.1, 0.15) is 107 Å². The molecule has 0 unspecified atom stereocenters. The fraction of sp³-hybridized carbons (Fsp3) is 0.514. The molecule has 0 saturated carbocycles. The Labute approximate surface area is 236 Å². The third-order valence-corrected chi connectivity index (χ3v) is 7.36. The van der Waals surface area contributed by atoms with E-state index >= 15 is 0 Å². The van der Waals surface area contributed by atoms with Gasteiger partial charge in [-0.15, -0.1) is 0 Å². The molecule has 1 atom stereocenters. The highest BCUT2D eigenvalue weighted by atomic mass is 16.5. The second-order valence-electron chi connectivity index (χ2n) is 10.8. The van der Waals surface area contributed by atoms with E-state index in [-0.39, 0.29) is 5.97 Å². The molecule has 0 aliphatic heterocycles. The van der Waals surface area contributed by atoms with E-state index in [0.29, 0.717) is 24.7 Å². The predicted octanol–water partition coefficient (Wildman–Crippen LogP) is 9.92. The van der Waals surface area contributed by atoms with E-state index in [0.717, 1.165) is 47.3 Å². The Hall–Kier alpha value is -3.01. The summed E-state index contributed by atoms with van der Waals surface area (Å²) in [7, 11) is 0. The quantitative estimate of drug-likeness (QED) is 0.114. The summed E-state index contributed by atoms with van der Waals surface area (Å²) in [6, 6.07) is 19.8. The maximum atomic E-state index is 12.2. The SMILES string of the molecule is CCCCCCCCCCCCOc1ccc2c(OCc3ccc(C(=O)OC[C@H](C)CC)cc3)cccc2c1. The lowest BCUT2D eigenvalue weighted by Crippen LogP contribution is -2.11. The summed E-state index contributed by atoms with van der Waals surface area (Å²) in [5.74, 6) is 1.84. The van der Waals surface area contributed by atoms with Crippen LogP contribution >= 0.6 is 0 Å². The molecule has 0 fully saturated rings. The van der Waals surface area contributed by atoms with Crippen molar-refractivity contribution in [3.63, 3.8) is 0 Å². The number of ether oxygens (including phenoxy) is 3. The third kappa shape index (κ3) is 10.9. The largest absolute Gasteiger partial charge is 0.494 e. The zero-order valence-electron chi connectivity index (χ0n) is 24.4. The Balaban J connectivity index is 1.41. The van der Waals surface area contributed by atoms with Gasteiger partial charge in [-0.05, 0) is 59.7 Å². The topological polar surface area (TPSA) is 44.8 Å². The number of unbranched alkanes of at least 4 members (excludes halogenated alkanes) is 9. The molecule has 0 N–H and O–H groups in total. The Kier molecular flexibility index (Phi) is 13.7. The molecular formula is C35H48O4. The van der Waals surface area contributed by atoms with E-state index in [1.54, 1.807) is 12.1 Å². The van der Waals surface area contributed by atoms with Crippen molar-refractivity contribution >= 4 is 16.7 Å². The Morgan fingerprint density at radius 3 is 2.15 bits per heavy atom. The zero-order chi connectivity index (χ0) is 27.7. The van der Waals surface area contributed by atoms with Crippen molar-refractivity contribution in [2.45, 2.75) is 98.0 Å². The monoisotopic (exact) mass is 532 g/mol. The molecule has 0 aliphatic carbocycles. The Morgan fingerprint density at radius 1 is 0.769 bits per heavy atom. The van der Waals surface area contributed by atoms with Gasteiger partial charge in [0.2, 0.25) is 0 Å². The van der Waals surface area contributed by atoms with Gasteiger partial charge in [-0.1, -0.05) is 109 Å². The van der Waals surface area contributed by atoms with Crippen LogP contribution in [0.15, 0.2) is 60.7 Å². The zero-order valence-corrected chi connectivity index (χ0v) is 24.4. The summed E-state index contributed by atoms with van der Waals surface area (Å²) < 4.78 is 17.6. The average molecular weight is 533 g/mol. The van der Waals surface area contributed by atoms with Crippen molar-refractivity contribution in [3.8, 4) is 11.5 Å². The smallest absolute Gasteiger partial charge is 0.338 e. The van der Waals surface area contributed by atoms with Crippen molar-refractivity contribution in [2.75, 3.05) is 13.2 Å². The summed E-state index contributed by atoms with van der Waals surface area (Å²) in [5.41, 5.74) is 1.57. The summed E-state index contributed by atoms with van der Waals surface area (Å²) >= 11 is 0. The van der Waals surface area contributed by atoms with Crippen LogP contribution in [0.3, 0.4) is 0 Å². The number of carbonyl (C=O) groups is 1. The Morgan fingerprint density at radius 2 is 1.46 bits per heavy atom. The lowest BCUT2D eigenvalue weighted by molar-refractivity contribution is 0.0447. The maximum Gasteiger partial charge on any atom is 0.338 e. The number of esters is 1. The lowest BCUT2D eigenvalue weighted by Gasteiger charge is -2.12. The van der Waals surface area contributed by atoms with Crippen LogP contribution in [-0.4, -0.2) is 19.2 Å². The highest BCUT2D eigenvalue weighted by molar-refractivity contribution is 5.90. The number of benzene rings is 3. The molecule has 0 saturated heterocycles. The van der Waals surface area contributed by atoms with Gasteiger partial charge >= 0.3 is 5.97 Å². The molecule has 3 aromatic carbocycles. The van der Waals surface area contributed by atoms with Crippen LogP contribution in [0.5, 0.6) is 11.5 Å². The highest BCUT2D eigenvalue weighted by Crippen LogP contribution is 2.29. The second-order valence-corrected chi connectivity index (χ2v) is 10.8. The first-order valence-electron chi connectivity index (χ1n) is 15.1. The first kappa shape index (κ1) is 30.5. The van der Waals surface area contributed by atoms with E-state index < -0.39 is 0 Å². The van der Waals surface area contributed by atoms with Gasteiger partial charge in [0.15, 0.2) is 0 Å². The van der Waals surface area contributed by atoms with Gasteiger partial charge < -0.3 is 14.2 Å². The average Bonchev–Trinajstić information content (AvgIpc) is 2.97. The van der Waals surface area contributed by atoms with E-state index in [1.807, 2.05) is 30.3 Å². The number of rotatable bonds is 19. The van der Waals surface area contributed by atoms with Gasteiger partial charge in [-0.25, -0.2) is 4.79 Å². The molecule has 0 aliphatic rings. The van der Waals surface area contributed by atoms with Crippen molar-refractivity contribution in [3.05, 3.63) is 71.8 Å². The summed E-state index contributed by atoms with van der Waals surface area (Å²) in [6.07, 6.45) is 14.2. The van der Waals surface area contributed by atoms with Gasteiger partial charge in [0.05, 0.1) is 18.8 Å². The van der Waals surface area contributed by atoms with E-state index in [9.17, 15) is 4.79 Å². The molecule has 3 rings (SSSR count). The minimum Gasteiger partial charge on any atom is -0.494 e. The van der Waals surface area contributed by atoms with Crippen LogP contribution in [0.4, 0.5) is 0 Å². The summed E-state index contributed by atoms with van der Waals surface area (Å²) in [4.78, 5) is 12.2. The highest BCUT2D eigenvalue weighted by Gasteiger charge is 2.10. The molecule has 0 radical (unpaired) electrons. The molecule has 3 aromatic rings. The van der Waals surface area contributed by atoms with Crippen molar-refractivity contribution in [2.24, 2.45) is 5.92 Å². The van der Waals surface area contributed by atoms with Gasteiger partial charge in [-0.2, -0.15) is 0 Å². The first-order chi connectivity index (χ1) is 19.1. The van der Waals surface area contributed by atoms with Crippen LogP contribution in [0, 0.1) is 5.92 Å². The molecule has 4 heteroatoms. The molecule has 4 nitrogen and oxygen atoms in total. The first-order valence-corrected chi connectivity index (χ1v) is 15.1. The standard InChI is InChI=1S/C35H48O4/c1-4-6-7-8-9-10-11-12-13-14-24-37-32-22-23-33-31(25-32)16-15-17-34(33)38-27-29-18-20-30(21-19-29)35(36)39-26-28(3)5-2/h15-23,25,28H,4-14,24,26-27H2,1-3H3/t28-/m1/s1. The van der Waals surface area contributed by atoms with E-state index in [2.05, 4.69) is 39.0 Å². The van der Waals surface area contributed by atoms with E-state index in [1.165, 1.54) is 57.8 Å². The number of hydrogen-bond donors (Lipinski definition) is 0. The molecule has 0 aromatic heterocycles. The van der Waals surface area contributed by atoms with Crippen molar-refractivity contribution in [1.82, 2.24) is 0 Å². The molecule has 0 bridgehead atoms. The van der Waals surface area contributed by atoms with Crippen molar-refractivity contribution in [1.29, 1.82) is 0 Å². The predicted molar refractivity (Wildman–Crippen MR) is 162 cm³/mol. The number of hydrogen-bond acceptors (Lipinski definition) is 4. The van der Waals surface area contributed by atoms with Crippen LogP contribution in [-0.2, 0) is 11.3 Å². The summed E-state index contributed by atoms with van der Waals surface area (Å²) in [5, 5.41) is 2.17. The van der Waals surface area contributed by atoms with E-state index in [4.69, 9.17) is 14.2 Å². The molecule has 212 valence electrons. The van der Waals surface area contributed by atoms with Crippen LogP contribution < -0.4 is 9.47 Å². The normalized spacial score (nSPS) is 11.9. The lowest BCUT2D eigenvalue weighted by atomic mass is 10.1. The Bertz CT molecular complexity index is 1110. The van der Waals surface area contributed by atoms with Gasteiger partial charge in [0.25, 0.3) is 0 Å². The number of fused-ring (bicyclic) bond motifs is 1. The third-order valence-electron chi connectivity index (χ3n) is 7.36. The molecule has 0 amide bonds. The minimum atomic E-state index is -0.275. The second kappa shape index (κ2) is 17.6. The molecule has 39 heavy (non-hydrogen) atoms. The fourth-order valence-corrected chi connectivity index (χ4v) is 4.54. The summed E-state index contributed by atoms with van der Waals surface area (Å²) in [6.45, 7) is 8.08. The van der Waals surface area contributed by atoms with Crippen LogP contribution in [0.2, 0.25) is 0 Å². The maximum absolute atomic E-state index is 12.2. The van der Waals surface area contributed by atoms with Gasteiger partial charge in [0, 0.05) is 5.39 Å². The van der Waals surface area contributed by atoms with Crippen molar-refractivity contribution < 1.29 is 19.0 Å². The molecule has 0 spiro atoms. The molecular weight excluding hydrogens is 484 g/mol. The fourth-order valence-electron chi connectivity index (χ4n) is 4.54.